The molecule has 0 saturated carbocycles. The summed E-state index contributed by atoms with van der Waals surface area (Å²) in [6, 6.07) is 1.99. The van der Waals surface area contributed by atoms with Crippen molar-refractivity contribution in [1.29, 1.82) is 0 Å². The Morgan fingerprint density at radius 1 is 1.47 bits per heavy atom. The predicted octanol–water partition coefficient (Wildman–Crippen LogP) is 2.27. The summed E-state index contributed by atoms with van der Waals surface area (Å²) >= 11 is 1.71. The number of thiophene rings is 1. The molecule has 0 aliphatic rings. The van der Waals surface area contributed by atoms with E-state index >= 15 is 0 Å². The van der Waals surface area contributed by atoms with E-state index in [0.29, 0.717) is 6.10 Å². The van der Waals surface area contributed by atoms with Crippen LogP contribution in [0.5, 0.6) is 5.75 Å². The van der Waals surface area contributed by atoms with Crippen molar-refractivity contribution in [3.05, 3.63) is 16.3 Å². The Morgan fingerprint density at radius 2 is 2.27 bits per heavy atom. The van der Waals surface area contributed by atoms with Gasteiger partial charge in [0.2, 0.25) is 0 Å². The van der Waals surface area contributed by atoms with Gasteiger partial charge in [-0.05, 0) is 25.3 Å². The molecule has 0 unspecified atom stereocenters. The van der Waals surface area contributed by atoms with Gasteiger partial charge in [-0.15, -0.1) is 11.3 Å². The van der Waals surface area contributed by atoms with Crippen molar-refractivity contribution in [1.82, 2.24) is 5.32 Å². The number of hydrogen-bond acceptors (Lipinski definition) is 4. The second kappa shape index (κ2) is 6.82. The van der Waals surface area contributed by atoms with Crippen molar-refractivity contribution >= 4 is 11.3 Å². The summed E-state index contributed by atoms with van der Waals surface area (Å²) in [7, 11) is 1.70. The van der Waals surface area contributed by atoms with E-state index in [-0.39, 0.29) is 0 Å². The van der Waals surface area contributed by atoms with Crippen LogP contribution in [0.2, 0.25) is 0 Å². The van der Waals surface area contributed by atoms with Gasteiger partial charge in [0.05, 0.1) is 24.7 Å². The number of nitrogens with one attached hydrogen (secondary N) is 1. The highest BCUT2D eigenvalue weighted by Gasteiger charge is 2.02. The van der Waals surface area contributed by atoms with E-state index < -0.39 is 0 Å². The predicted molar refractivity (Wildman–Crippen MR) is 63.7 cm³/mol. The van der Waals surface area contributed by atoms with Crippen LogP contribution in [0.4, 0.5) is 0 Å². The zero-order chi connectivity index (χ0) is 11.1. The first-order chi connectivity index (χ1) is 7.24. The summed E-state index contributed by atoms with van der Waals surface area (Å²) in [4.78, 5) is 1.24. The molecule has 15 heavy (non-hydrogen) atoms. The minimum Gasteiger partial charge on any atom is -0.496 e. The zero-order valence-electron chi connectivity index (χ0n) is 9.58. The lowest BCUT2D eigenvalue weighted by molar-refractivity contribution is 0.0807. The molecule has 0 fully saturated rings. The molecule has 0 spiro atoms. The van der Waals surface area contributed by atoms with Crippen LogP contribution in [0.15, 0.2) is 11.4 Å². The fraction of sp³-hybridized carbons (Fsp3) is 0.636. The van der Waals surface area contributed by atoms with Crippen LogP contribution < -0.4 is 10.1 Å². The van der Waals surface area contributed by atoms with E-state index in [2.05, 4.69) is 5.32 Å². The Balaban J connectivity index is 2.15. The molecule has 4 heteroatoms. The third kappa shape index (κ3) is 4.64. The molecule has 0 bridgehead atoms. The van der Waals surface area contributed by atoms with Gasteiger partial charge in [-0.1, -0.05) is 0 Å². The molecule has 1 N–H and O–H groups in total. The second-order valence-corrected chi connectivity index (χ2v) is 4.51. The van der Waals surface area contributed by atoms with E-state index in [4.69, 9.17) is 9.47 Å². The molecule has 1 aromatic rings. The number of rotatable bonds is 7. The largest absolute Gasteiger partial charge is 0.496 e. The summed E-state index contributed by atoms with van der Waals surface area (Å²) in [6.45, 7) is 6.57. The molecule has 0 aliphatic carbocycles. The lowest BCUT2D eigenvalue weighted by atomic mass is 10.4. The second-order valence-electron chi connectivity index (χ2n) is 3.51. The van der Waals surface area contributed by atoms with Crippen molar-refractivity contribution in [2.45, 2.75) is 26.5 Å². The number of methoxy groups -OCH3 is 1. The van der Waals surface area contributed by atoms with Crippen molar-refractivity contribution in [3.8, 4) is 5.75 Å². The third-order valence-corrected chi connectivity index (χ3v) is 2.84. The molecule has 1 aromatic heterocycles. The molecule has 86 valence electrons. The summed E-state index contributed by atoms with van der Waals surface area (Å²) in [6.07, 6.45) is 0.308. The number of ether oxygens (including phenoxy) is 2. The average molecular weight is 229 g/mol. The van der Waals surface area contributed by atoms with Crippen LogP contribution in [0, 0.1) is 0 Å². The van der Waals surface area contributed by atoms with E-state index in [1.807, 2.05) is 25.3 Å². The molecule has 3 nitrogen and oxygen atoms in total. The van der Waals surface area contributed by atoms with E-state index in [1.165, 1.54) is 4.88 Å². The van der Waals surface area contributed by atoms with Crippen molar-refractivity contribution in [2.24, 2.45) is 0 Å². The van der Waals surface area contributed by atoms with E-state index in [1.54, 1.807) is 18.4 Å². The summed E-state index contributed by atoms with van der Waals surface area (Å²) in [5.41, 5.74) is 0. The minimum atomic E-state index is 0.308. The maximum atomic E-state index is 5.43. The normalized spacial score (nSPS) is 10.9. The SMILES string of the molecule is COc1ccsc1CNCCOC(C)C. The topological polar surface area (TPSA) is 30.5 Å². The van der Waals surface area contributed by atoms with Crippen LogP contribution in [0.3, 0.4) is 0 Å². The van der Waals surface area contributed by atoms with E-state index in [0.717, 1.165) is 25.4 Å². The summed E-state index contributed by atoms with van der Waals surface area (Å²) in [5.74, 6) is 0.970. The molecule has 0 amide bonds. The molecule has 0 aliphatic heterocycles. The average Bonchev–Trinajstić information content (AvgIpc) is 2.64. The standard InChI is InChI=1S/C11H19NO2S/c1-9(2)14-6-5-12-8-11-10(13-3)4-7-15-11/h4,7,9,12H,5-6,8H2,1-3H3. The van der Waals surface area contributed by atoms with Gasteiger partial charge < -0.3 is 14.8 Å². The molecule has 0 saturated heterocycles. The van der Waals surface area contributed by atoms with Gasteiger partial charge >= 0.3 is 0 Å². The molecule has 0 radical (unpaired) electrons. The highest BCUT2D eigenvalue weighted by atomic mass is 32.1. The maximum absolute atomic E-state index is 5.43. The Morgan fingerprint density at radius 3 is 2.93 bits per heavy atom. The first-order valence-corrected chi connectivity index (χ1v) is 6.04. The number of hydrogen-bond donors (Lipinski definition) is 1. The van der Waals surface area contributed by atoms with Crippen molar-refractivity contribution in [3.63, 3.8) is 0 Å². The van der Waals surface area contributed by atoms with Crippen LogP contribution in [0.1, 0.15) is 18.7 Å². The third-order valence-electron chi connectivity index (χ3n) is 1.94. The van der Waals surface area contributed by atoms with E-state index in [9.17, 15) is 0 Å². The minimum absolute atomic E-state index is 0.308. The van der Waals surface area contributed by atoms with Gasteiger partial charge in [0.25, 0.3) is 0 Å². The quantitative estimate of drug-likeness (QED) is 0.728. The highest BCUT2D eigenvalue weighted by molar-refractivity contribution is 7.10. The highest BCUT2D eigenvalue weighted by Crippen LogP contribution is 2.23. The molecular weight excluding hydrogens is 210 g/mol. The van der Waals surface area contributed by atoms with Crippen LogP contribution >= 0.6 is 11.3 Å². The van der Waals surface area contributed by atoms with Crippen LogP contribution in [0.25, 0.3) is 0 Å². The van der Waals surface area contributed by atoms with Crippen molar-refractivity contribution < 1.29 is 9.47 Å². The van der Waals surface area contributed by atoms with Crippen LogP contribution in [-0.2, 0) is 11.3 Å². The van der Waals surface area contributed by atoms with Gasteiger partial charge in [0.15, 0.2) is 0 Å². The van der Waals surface area contributed by atoms with Gasteiger partial charge in [0.1, 0.15) is 5.75 Å². The Bertz CT molecular complexity index is 273. The first-order valence-electron chi connectivity index (χ1n) is 5.16. The molecule has 1 heterocycles. The zero-order valence-corrected chi connectivity index (χ0v) is 10.4. The molecule has 0 aromatic carbocycles. The van der Waals surface area contributed by atoms with Crippen LogP contribution in [-0.4, -0.2) is 26.4 Å². The summed E-state index contributed by atoms with van der Waals surface area (Å²) < 4.78 is 10.6. The Kier molecular flexibility index (Phi) is 5.68. The van der Waals surface area contributed by atoms with Crippen molar-refractivity contribution in [2.75, 3.05) is 20.3 Å². The molecule has 1 rings (SSSR count). The molecular formula is C11H19NO2S. The fourth-order valence-corrected chi connectivity index (χ4v) is 2.02. The van der Waals surface area contributed by atoms with Gasteiger partial charge in [0, 0.05) is 13.1 Å². The lowest BCUT2D eigenvalue weighted by Gasteiger charge is -2.08. The van der Waals surface area contributed by atoms with Gasteiger partial charge in [-0.3, -0.25) is 0 Å². The Hall–Kier alpha value is -0.580. The smallest absolute Gasteiger partial charge is 0.134 e. The molecule has 0 atom stereocenters. The Labute approximate surface area is 95.4 Å². The summed E-state index contributed by atoms with van der Waals surface area (Å²) in [5, 5.41) is 5.37. The van der Waals surface area contributed by atoms with Gasteiger partial charge in [-0.25, -0.2) is 0 Å². The first kappa shape index (κ1) is 12.5. The lowest BCUT2D eigenvalue weighted by Crippen LogP contribution is -2.20. The monoisotopic (exact) mass is 229 g/mol. The maximum Gasteiger partial charge on any atom is 0.134 e. The van der Waals surface area contributed by atoms with Gasteiger partial charge in [-0.2, -0.15) is 0 Å². The fourth-order valence-electron chi connectivity index (χ4n) is 1.21.